The van der Waals surface area contributed by atoms with E-state index < -0.39 is 17.4 Å². The van der Waals surface area contributed by atoms with E-state index in [1.165, 1.54) is 4.80 Å². The second-order valence-electron chi connectivity index (χ2n) is 7.00. The molecular weight excluding hydrogens is 346 g/mol. The topological polar surface area (TPSA) is 110 Å². The van der Waals surface area contributed by atoms with E-state index in [0.717, 1.165) is 5.56 Å². The van der Waals surface area contributed by atoms with E-state index >= 15 is 0 Å². The largest absolute Gasteiger partial charge is 0.481 e. The maximum Gasteiger partial charge on any atom is 0.311 e. The smallest absolute Gasteiger partial charge is 0.311 e. The summed E-state index contributed by atoms with van der Waals surface area (Å²) in [5, 5.41) is 24.8. The summed E-state index contributed by atoms with van der Waals surface area (Å²) < 4.78 is 0. The number of carbonyl (C=O) groups excluding carboxylic acids is 1. The summed E-state index contributed by atoms with van der Waals surface area (Å²) in [7, 11) is 0. The van der Waals surface area contributed by atoms with Crippen molar-refractivity contribution in [2.45, 2.75) is 46.6 Å². The molecule has 2 rings (SSSR count). The molecule has 0 aliphatic heterocycles. The number of aliphatic carboxylic acids is 1. The second-order valence-corrected chi connectivity index (χ2v) is 7.00. The van der Waals surface area contributed by atoms with E-state index in [1.807, 2.05) is 58.0 Å². The van der Waals surface area contributed by atoms with Gasteiger partial charge in [-0.3, -0.25) is 9.59 Å². The number of rotatable bonds is 9. The molecule has 1 amide bonds. The molecule has 0 fully saturated rings. The predicted octanol–water partition coefficient (Wildman–Crippen LogP) is 2.54. The van der Waals surface area contributed by atoms with Crippen LogP contribution in [0.1, 0.15) is 46.6 Å². The number of aromatic nitrogens is 4. The highest BCUT2D eigenvalue weighted by atomic mass is 16.4. The number of nitrogens with zero attached hydrogens (tertiary/aromatic N) is 4. The van der Waals surface area contributed by atoms with Crippen LogP contribution < -0.4 is 5.32 Å². The first-order chi connectivity index (χ1) is 12.8. The van der Waals surface area contributed by atoms with E-state index in [0.29, 0.717) is 18.7 Å². The van der Waals surface area contributed by atoms with Crippen molar-refractivity contribution in [3.8, 4) is 11.4 Å². The minimum absolute atomic E-state index is 0.0671. The molecule has 1 aromatic carbocycles. The Morgan fingerprint density at radius 1 is 1.19 bits per heavy atom. The zero-order valence-electron chi connectivity index (χ0n) is 16.2. The highest BCUT2D eigenvalue weighted by molar-refractivity contribution is 5.82. The Hall–Kier alpha value is -2.77. The molecule has 2 aromatic rings. The Labute approximate surface area is 159 Å². The van der Waals surface area contributed by atoms with Crippen LogP contribution in [0.5, 0.6) is 0 Å². The Morgan fingerprint density at radius 2 is 1.81 bits per heavy atom. The van der Waals surface area contributed by atoms with Gasteiger partial charge >= 0.3 is 5.97 Å². The van der Waals surface area contributed by atoms with Gasteiger partial charge in [-0.15, -0.1) is 10.2 Å². The average molecular weight is 373 g/mol. The fraction of sp³-hybridized carbons (Fsp3) is 0.526. The summed E-state index contributed by atoms with van der Waals surface area (Å²) in [6, 6.07) is 8.72. The van der Waals surface area contributed by atoms with E-state index in [-0.39, 0.29) is 18.4 Å². The third kappa shape index (κ3) is 4.50. The van der Waals surface area contributed by atoms with Crippen LogP contribution >= 0.6 is 0 Å². The molecular formula is C19H27N5O3. The molecule has 0 aliphatic carbocycles. The van der Waals surface area contributed by atoms with Crippen molar-refractivity contribution in [3.63, 3.8) is 0 Å². The maximum absolute atomic E-state index is 12.8. The standard InChI is InChI=1S/C19H27N5O3/c1-5-19(6-2,18(26)27)12-20-17(25)15(13(3)4)24-22-16(21-23-24)14-10-8-7-9-11-14/h7-11,13,15H,5-6,12H2,1-4H3,(H,20,25)(H,26,27). The van der Waals surface area contributed by atoms with E-state index in [2.05, 4.69) is 20.7 Å². The van der Waals surface area contributed by atoms with Crippen LogP contribution in [0.2, 0.25) is 0 Å². The molecule has 27 heavy (non-hydrogen) atoms. The molecule has 1 atom stereocenters. The minimum atomic E-state index is -0.970. The second kappa shape index (κ2) is 8.75. The van der Waals surface area contributed by atoms with Crippen LogP contribution in [0.4, 0.5) is 0 Å². The first kappa shape index (κ1) is 20.5. The van der Waals surface area contributed by atoms with Crippen molar-refractivity contribution in [2.75, 3.05) is 6.54 Å². The maximum atomic E-state index is 12.8. The van der Waals surface area contributed by atoms with Crippen molar-refractivity contribution in [1.29, 1.82) is 0 Å². The van der Waals surface area contributed by atoms with Gasteiger partial charge in [0.15, 0.2) is 6.04 Å². The van der Waals surface area contributed by atoms with Crippen molar-refractivity contribution in [1.82, 2.24) is 25.5 Å². The summed E-state index contributed by atoms with van der Waals surface area (Å²) in [5.41, 5.74) is -0.157. The quantitative estimate of drug-likeness (QED) is 0.699. The Morgan fingerprint density at radius 3 is 2.33 bits per heavy atom. The van der Waals surface area contributed by atoms with Gasteiger partial charge in [-0.2, -0.15) is 4.80 Å². The monoisotopic (exact) mass is 373 g/mol. The molecule has 0 saturated carbocycles. The molecule has 0 spiro atoms. The van der Waals surface area contributed by atoms with Crippen LogP contribution in [0.25, 0.3) is 11.4 Å². The number of hydrogen-bond donors (Lipinski definition) is 2. The van der Waals surface area contributed by atoms with Crippen molar-refractivity contribution in [2.24, 2.45) is 11.3 Å². The molecule has 146 valence electrons. The van der Waals surface area contributed by atoms with Gasteiger partial charge < -0.3 is 10.4 Å². The van der Waals surface area contributed by atoms with Crippen LogP contribution in [-0.4, -0.2) is 43.7 Å². The van der Waals surface area contributed by atoms with Crippen LogP contribution in [-0.2, 0) is 9.59 Å². The Bertz CT molecular complexity index is 769. The number of amides is 1. The molecule has 2 N–H and O–H groups in total. The molecule has 0 saturated heterocycles. The van der Waals surface area contributed by atoms with Crippen molar-refractivity contribution >= 4 is 11.9 Å². The fourth-order valence-corrected chi connectivity index (χ4v) is 2.96. The Balaban J connectivity index is 2.19. The number of tetrazole rings is 1. The van der Waals surface area contributed by atoms with E-state index in [9.17, 15) is 14.7 Å². The molecule has 8 nitrogen and oxygen atoms in total. The molecule has 0 bridgehead atoms. The summed E-state index contributed by atoms with van der Waals surface area (Å²) in [4.78, 5) is 25.7. The summed E-state index contributed by atoms with van der Waals surface area (Å²) in [5.74, 6) is -0.866. The van der Waals surface area contributed by atoms with Gasteiger partial charge in [-0.1, -0.05) is 58.0 Å². The minimum Gasteiger partial charge on any atom is -0.481 e. The summed E-state index contributed by atoms with van der Waals surface area (Å²) in [6.07, 6.45) is 0.871. The molecule has 0 radical (unpaired) electrons. The first-order valence-electron chi connectivity index (χ1n) is 9.20. The number of nitrogens with one attached hydrogen (secondary N) is 1. The molecule has 0 aliphatic rings. The lowest BCUT2D eigenvalue weighted by molar-refractivity contribution is -0.149. The lowest BCUT2D eigenvalue weighted by Crippen LogP contribution is -2.45. The van der Waals surface area contributed by atoms with Crippen LogP contribution in [0.15, 0.2) is 30.3 Å². The highest BCUT2D eigenvalue weighted by Gasteiger charge is 2.36. The molecule has 8 heteroatoms. The molecule has 1 unspecified atom stereocenters. The fourth-order valence-electron chi connectivity index (χ4n) is 2.96. The van der Waals surface area contributed by atoms with E-state index in [1.54, 1.807) is 0 Å². The van der Waals surface area contributed by atoms with Gasteiger partial charge in [0.2, 0.25) is 11.7 Å². The lowest BCUT2D eigenvalue weighted by atomic mass is 9.82. The van der Waals surface area contributed by atoms with Gasteiger partial charge in [-0.05, 0) is 24.0 Å². The van der Waals surface area contributed by atoms with Crippen molar-refractivity contribution < 1.29 is 14.7 Å². The summed E-state index contributed by atoms with van der Waals surface area (Å²) >= 11 is 0. The zero-order chi connectivity index (χ0) is 20.0. The Kier molecular flexibility index (Phi) is 6.65. The van der Waals surface area contributed by atoms with Gasteiger partial charge in [0.05, 0.1) is 5.41 Å². The molecule has 1 heterocycles. The lowest BCUT2D eigenvalue weighted by Gasteiger charge is -2.28. The van der Waals surface area contributed by atoms with Gasteiger partial charge in [0, 0.05) is 12.1 Å². The van der Waals surface area contributed by atoms with Gasteiger partial charge in [-0.25, -0.2) is 0 Å². The molecule has 1 aromatic heterocycles. The van der Waals surface area contributed by atoms with E-state index in [4.69, 9.17) is 0 Å². The number of benzene rings is 1. The third-order valence-electron chi connectivity index (χ3n) is 5.02. The van der Waals surface area contributed by atoms with Gasteiger partial charge in [0.25, 0.3) is 0 Å². The van der Waals surface area contributed by atoms with Crippen LogP contribution in [0.3, 0.4) is 0 Å². The zero-order valence-corrected chi connectivity index (χ0v) is 16.2. The first-order valence-corrected chi connectivity index (χ1v) is 9.20. The van der Waals surface area contributed by atoms with Crippen LogP contribution in [0, 0.1) is 11.3 Å². The van der Waals surface area contributed by atoms with Gasteiger partial charge in [0.1, 0.15) is 0 Å². The SMILES string of the molecule is CCC(CC)(CNC(=O)C(C(C)C)n1nnc(-c2ccccc2)n1)C(=O)O. The highest BCUT2D eigenvalue weighted by Crippen LogP contribution is 2.26. The predicted molar refractivity (Wildman–Crippen MR) is 101 cm³/mol. The number of hydrogen-bond acceptors (Lipinski definition) is 5. The van der Waals surface area contributed by atoms with Crippen molar-refractivity contribution in [3.05, 3.63) is 30.3 Å². The summed E-state index contributed by atoms with van der Waals surface area (Å²) in [6.45, 7) is 7.47. The number of carbonyl (C=O) groups is 2. The number of carboxylic acids is 1. The average Bonchev–Trinajstić information content (AvgIpc) is 3.13. The third-order valence-corrected chi connectivity index (χ3v) is 5.02. The number of carboxylic acid groups (broad SMARTS) is 1. The normalized spacial score (nSPS) is 12.8.